The SMILES string of the molecule is O=C(NO)c1cc(-c2ccc(C#CC3CC(O)C3)cc2)nc2ccncc12. The molecule has 0 aliphatic heterocycles. The molecule has 3 N–H and O–H groups in total. The number of benzene rings is 1. The highest BCUT2D eigenvalue weighted by Gasteiger charge is 2.25. The number of aliphatic hydroxyl groups excluding tert-OH is 1. The molecule has 0 radical (unpaired) electrons. The fraction of sp³-hybridized carbons (Fsp3) is 0.190. The van der Waals surface area contributed by atoms with Crippen molar-refractivity contribution in [2.45, 2.75) is 18.9 Å². The second-order valence-electron chi connectivity index (χ2n) is 6.56. The molecular formula is C21H17N3O3. The number of aliphatic hydroxyl groups is 1. The maximum absolute atomic E-state index is 12.0. The molecule has 0 spiro atoms. The third-order valence-electron chi connectivity index (χ3n) is 4.67. The first kappa shape index (κ1) is 17.2. The molecule has 1 aliphatic carbocycles. The highest BCUT2D eigenvalue weighted by atomic mass is 16.5. The lowest BCUT2D eigenvalue weighted by Crippen LogP contribution is -2.26. The second-order valence-corrected chi connectivity index (χ2v) is 6.56. The summed E-state index contributed by atoms with van der Waals surface area (Å²) in [5.41, 5.74) is 4.94. The quantitative estimate of drug-likeness (QED) is 0.371. The summed E-state index contributed by atoms with van der Waals surface area (Å²) in [6.07, 6.45) is 4.45. The van der Waals surface area contributed by atoms with E-state index >= 15 is 0 Å². The van der Waals surface area contributed by atoms with E-state index < -0.39 is 5.91 Å². The number of pyridine rings is 2. The molecule has 0 atom stereocenters. The summed E-state index contributed by atoms with van der Waals surface area (Å²) < 4.78 is 0. The molecule has 1 fully saturated rings. The Balaban J connectivity index is 1.66. The molecule has 27 heavy (non-hydrogen) atoms. The summed E-state index contributed by atoms with van der Waals surface area (Å²) in [6, 6.07) is 11.0. The number of amides is 1. The van der Waals surface area contributed by atoms with Crippen LogP contribution in [0.15, 0.2) is 48.8 Å². The highest BCUT2D eigenvalue weighted by molar-refractivity contribution is 6.06. The van der Waals surface area contributed by atoms with E-state index in [1.54, 1.807) is 30.0 Å². The number of nitrogens with zero attached hydrogens (tertiary/aromatic N) is 2. The molecule has 0 unspecified atom stereocenters. The highest BCUT2D eigenvalue weighted by Crippen LogP contribution is 2.27. The summed E-state index contributed by atoms with van der Waals surface area (Å²) in [7, 11) is 0. The Hall–Kier alpha value is -3.27. The van der Waals surface area contributed by atoms with Gasteiger partial charge in [0, 0.05) is 34.8 Å². The van der Waals surface area contributed by atoms with Crippen LogP contribution in [0.25, 0.3) is 22.2 Å². The minimum atomic E-state index is -0.609. The number of hydrogen-bond donors (Lipinski definition) is 3. The van der Waals surface area contributed by atoms with Crippen LogP contribution >= 0.6 is 0 Å². The van der Waals surface area contributed by atoms with E-state index in [1.165, 1.54) is 0 Å². The van der Waals surface area contributed by atoms with Gasteiger partial charge in [0.05, 0.1) is 22.9 Å². The summed E-state index contributed by atoms with van der Waals surface area (Å²) in [6.45, 7) is 0. The van der Waals surface area contributed by atoms with Gasteiger partial charge >= 0.3 is 0 Å². The van der Waals surface area contributed by atoms with Crippen molar-refractivity contribution in [2.24, 2.45) is 5.92 Å². The van der Waals surface area contributed by atoms with E-state index in [2.05, 4.69) is 21.8 Å². The van der Waals surface area contributed by atoms with Crippen LogP contribution in [-0.2, 0) is 0 Å². The Morgan fingerprint density at radius 3 is 2.67 bits per heavy atom. The maximum Gasteiger partial charge on any atom is 0.275 e. The third-order valence-corrected chi connectivity index (χ3v) is 4.67. The number of hydroxylamine groups is 1. The monoisotopic (exact) mass is 359 g/mol. The van der Waals surface area contributed by atoms with Crippen molar-refractivity contribution in [3.63, 3.8) is 0 Å². The van der Waals surface area contributed by atoms with Crippen molar-refractivity contribution >= 4 is 16.8 Å². The Kier molecular flexibility index (Phi) is 4.55. The average molecular weight is 359 g/mol. The van der Waals surface area contributed by atoms with Gasteiger partial charge in [-0.05, 0) is 37.1 Å². The molecule has 1 saturated carbocycles. The number of nitrogens with one attached hydrogen (secondary N) is 1. The van der Waals surface area contributed by atoms with E-state index in [4.69, 9.17) is 5.21 Å². The fourth-order valence-electron chi connectivity index (χ4n) is 3.08. The number of rotatable bonds is 2. The van der Waals surface area contributed by atoms with Crippen molar-refractivity contribution in [3.05, 3.63) is 59.9 Å². The molecule has 0 saturated heterocycles. The maximum atomic E-state index is 12.0. The molecule has 0 bridgehead atoms. The topological polar surface area (TPSA) is 95.3 Å². The molecule has 1 aliphatic rings. The fourth-order valence-corrected chi connectivity index (χ4v) is 3.08. The lowest BCUT2D eigenvalue weighted by Gasteiger charge is -2.26. The van der Waals surface area contributed by atoms with E-state index in [1.807, 2.05) is 24.3 Å². The van der Waals surface area contributed by atoms with Crippen LogP contribution in [0.3, 0.4) is 0 Å². The van der Waals surface area contributed by atoms with E-state index in [-0.39, 0.29) is 12.0 Å². The minimum absolute atomic E-state index is 0.203. The first-order chi connectivity index (χ1) is 13.1. The number of carbonyl (C=O) groups excluding carboxylic acids is 1. The Morgan fingerprint density at radius 2 is 1.96 bits per heavy atom. The van der Waals surface area contributed by atoms with E-state index in [9.17, 15) is 9.90 Å². The summed E-state index contributed by atoms with van der Waals surface area (Å²) >= 11 is 0. The zero-order valence-electron chi connectivity index (χ0n) is 14.4. The van der Waals surface area contributed by atoms with Crippen molar-refractivity contribution in [2.75, 3.05) is 0 Å². The predicted octanol–water partition coefficient (Wildman–Crippen LogP) is 2.54. The van der Waals surface area contributed by atoms with Gasteiger partial charge in [-0.3, -0.25) is 15.0 Å². The molecule has 4 rings (SSSR count). The summed E-state index contributed by atoms with van der Waals surface area (Å²) in [5.74, 6) is 5.96. The second kappa shape index (κ2) is 7.16. The molecule has 134 valence electrons. The predicted molar refractivity (Wildman–Crippen MR) is 99.8 cm³/mol. The Morgan fingerprint density at radius 1 is 1.19 bits per heavy atom. The molecule has 3 aromatic rings. The van der Waals surface area contributed by atoms with Gasteiger partial charge in [0.1, 0.15) is 0 Å². The standard InChI is InChI=1S/C21H17N3O3/c25-16-9-14(10-16)2-1-13-3-5-15(6-4-13)20-11-17(21(26)24-27)18-12-22-8-7-19(18)23-20/h3-8,11-12,14,16,25,27H,9-10H2,(H,24,26). The van der Waals surface area contributed by atoms with Crippen molar-refractivity contribution in [3.8, 4) is 23.1 Å². The van der Waals surface area contributed by atoms with Crippen LogP contribution < -0.4 is 5.48 Å². The lowest BCUT2D eigenvalue weighted by molar-refractivity contribution is 0.0665. The van der Waals surface area contributed by atoms with Gasteiger partial charge in [0.25, 0.3) is 5.91 Å². The Bertz CT molecular complexity index is 1060. The number of hydrogen-bond acceptors (Lipinski definition) is 5. The number of carbonyl (C=O) groups is 1. The van der Waals surface area contributed by atoms with Gasteiger partial charge < -0.3 is 5.11 Å². The molecule has 1 aromatic carbocycles. The van der Waals surface area contributed by atoms with Crippen molar-refractivity contribution < 1.29 is 15.1 Å². The van der Waals surface area contributed by atoms with Gasteiger partial charge in [-0.25, -0.2) is 10.5 Å². The van der Waals surface area contributed by atoms with Gasteiger partial charge in [-0.1, -0.05) is 24.0 Å². The molecule has 6 nitrogen and oxygen atoms in total. The molecule has 1 amide bonds. The van der Waals surface area contributed by atoms with Crippen LogP contribution in [-0.4, -0.2) is 32.3 Å². The van der Waals surface area contributed by atoms with Gasteiger partial charge in [-0.2, -0.15) is 0 Å². The Labute approximate surface area is 155 Å². The first-order valence-corrected chi connectivity index (χ1v) is 8.63. The summed E-state index contributed by atoms with van der Waals surface area (Å²) in [5, 5.41) is 18.9. The third kappa shape index (κ3) is 3.51. The van der Waals surface area contributed by atoms with Crippen molar-refractivity contribution in [1.29, 1.82) is 0 Å². The van der Waals surface area contributed by atoms with Crippen LogP contribution in [0.5, 0.6) is 0 Å². The normalized spacial score (nSPS) is 18.3. The van der Waals surface area contributed by atoms with Crippen LogP contribution in [0.1, 0.15) is 28.8 Å². The van der Waals surface area contributed by atoms with E-state index in [0.717, 1.165) is 24.0 Å². The molecule has 2 aromatic heterocycles. The smallest absolute Gasteiger partial charge is 0.275 e. The van der Waals surface area contributed by atoms with Crippen LogP contribution in [0, 0.1) is 17.8 Å². The van der Waals surface area contributed by atoms with Gasteiger partial charge in [0.2, 0.25) is 0 Å². The average Bonchev–Trinajstić information content (AvgIpc) is 2.69. The number of fused-ring (bicyclic) bond motifs is 1. The van der Waals surface area contributed by atoms with Gasteiger partial charge in [-0.15, -0.1) is 0 Å². The zero-order valence-corrected chi connectivity index (χ0v) is 14.4. The van der Waals surface area contributed by atoms with Crippen LogP contribution in [0.4, 0.5) is 0 Å². The summed E-state index contributed by atoms with van der Waals surface area (Å²) in [4.78, 5) is 20.6. The largest absolute Gasteiger partial charge is 0.393 e. The number of aromatic nitrogens is 2. The van der Waals surface area contributed by atoms with Gasteiger partial charge in [0.15, 0.2) is 0 Å². The minimum Gasteiger partial charge on any atom is -0.393 e. The zero-order chi connectivity index (χ0) is 18.8. The van der Waals surface area contributed by atoms with Crippen LogP contribution in [0.2, 0.25) is 0 Å². The molecule has 6 heteroatoms. The molecular weight excluding hydrogens is 342 g/mol. The lowest BCUT2D eigenvalue weighted by atomic mass is 9.83. The van der Waals surface area contributed by atoms with Crippen molar-refractivity contribution in [1.82, 2.24) is 15.4 Å². The molecule has 2 heterocycles. The first-order valence-electron chi connectivity index (χ1n) is 8.63. The van der Waals surface area contributed by atoms with E-state index in [0.29, 0.717) is 22.2 Å².